The Labute approximate surface area is 249 Å². The molecule has 2 fully saturated rings. The van der Waals surface area contributed by atoms with Crippen molar-refractivity contribution in [3.8, 4) is 18.1 Å². The molecule has 0 bridgehead atoms. The summed E-state index contributed by atoms with van der Waals surface area (Å²) in [6.07, 6.45) is 7.32. The Morgan fingerprint density at radius 3 is 2.42 bits per heavy atom. The third-order valence-corrected chi connectivity index (χ3v) is 7.74. The van der Waals surface area contributed by atoms with Crippen LogP contribution in [0.25, 0.3) is 0 Å². The van der Waals surface area contributed by atoms with Crippen molar-refractivity contribution in [1.29, 1.82) is 0 Å². The Balaban J connectivity index is 1.35. The fourth-order valence-corrected chi connectivity index (χ4v) is 5.36. The molecule has 0 aromatic heterocycles. The number of ether oxygens (including phenoxy) is 1. The number of nitrogens with one attached hydrogen (secondary N) is 2. The predicted molar refractivity (Wildman–Crippen MR) is 157 cm³/mol. The maximum absolute atomic E-state index is 14.7. The molecule has 0 spiro atoms. The third-order valence-electron chi connectivity index (χ3n) is 7.74. The van der Waals surface area contributed by atoms with Crippen LogP contribution in [-0.2, 0) is 14.4 Å². The summed E-state index contributed by atoms with van der Waals surface area (Å²) >= 11 is 0. The average Bonchev–Trinajstić information content (AvgIpc) is 3.67. The van der Waals surface area contributed by atoms with E-state index in [4.69, 9.17) is 11.2 Å². The smallest absolute Gasteiger partial charge is 0.325 e. The quantitative estimate of drug-likeness (QED) is 0.290. The first kappa shape index (κ1) is 29.3. The molecule has 0 radical (unpaired) electrons. The van der Waals surface area contributed by atoms with E-state index >= 15 is 0 Å². The van der Waals surface area contributed by atoms with Crippen molar-refractivity contribution in [2.75, 3.05) is 25.0 Å². The third kappa shape index (κ3) is 6.36. The van der Waals surface area contributed by atoms with E-state index in [1.54, 1.807) is 60.4 Å². The number of anilines is 1. The van der Waals surface area contributed by atoms with Crippen molar-refractivity contribution in [3.05, 3.63) is 95.3 Å². The number of hydrogen-bond acceptors (Lipinski definition) is 5. The first-order chi connectivity index (χ1) is 20.8. The van der Waals surface area contributed by atoms with Crippen LogP contribution in [0.3, 0.4) is 0 Å². The summed E-state index contributed by atoms with van der Waals surface area (Å²) in [6.45, 7) is 3.10. The molecular weight excluding hydrogens is 551 g/mol. The lowest BCUT2D eigenvalue weighted by Crippen LogP contribution is -2.50. The summed E-state index contributed by atoms with van der Waals surface area (Å²) in [5.74, 6) is -0.0520. The fraction of sp³-hybridized carbons (Fsp3) is 0.273. The molecule has 3 atom stereocenters. The largest absolute Gasteiger partial charge is 0.484 e. The lowest BCUT2D eigenvalue weighted by atomic mass is 9.91. The van der Waals surface area contributed by atoms with Crippen molar-refractivity contribution >= 4 is 29.4 Å². The summed E-state index contributed by atoms with van der Waals surface area (Å²) in [6, 6.07) is 16.3. The highest BCUT2D eigenvalue weighted by atomic mass is 19.1. The van der Waals surface area contributed by atoms with Gasteiger partial charge in [-0.3, -0.25) is 14.4 Å². The van der Waals surface area contributed by atoms with E-state index in [0.29, 0.717) is 22.4 Å². The zero-order valence-corrected chi connectivity index (χ0v) is 23.6. The number of urea groups is 1. The van der Waals surface area contributed by atoms with Crippen molar-refractivity contribution in [1.82, 2.24) is 15.1 Å². The van der Waals surface area contributed by atoms with Gasteiger partial charge in [0.1, 0.15) is 23.7 Å². The van der Waals surface area contributed by atoms with Crippen molar-refractivity contribution < 1.29 is 28.3 Å². The highest BCUT2D eigenvalue weighted by molar-refractivity contribution is 6.10. The molecule has 2 heterocycles. The van der Waals surface area contributed by atoms with Crippen molar-refractivity contribution in [2.24, 2.45) is 0 Å². The standard InChI is InChI=1S/C33H31FN4O5/c1-3-22-11-16-27(26(34)19-22)35-31(40)30(21(2)23-9-5-4-6-10-23)38-32(41)29(36-33(38)42)24-12-14-25(15-13-24)43-20-28(39)37-17-7-8-18-37/h1,4-6,9-16,19,21,29-30H,7-8,17-18,20H2,2H3,(H,35,40)(H,36,42)/t21-,29+,30?/m0/s1. The van der Waals surface area contributed by atoms with Gasteiger partial charge < -0.3 is 20.3 Å². The van der Waals surface area contributed by atoms with Crippen LogP contribution in [0.1, 0.15) is 48.4 Å². The summed E-state index contributed by atoms with van der Waals surface area (Å²) < 4.78 is 20.3. The van der Waals surface area contributed by atoms with Gasteiger partial charge in [0.05, 0.1) is 5.69 Å². The second kappa shape index (κ2) is 12.8. The minimum Gasteiger partial charge on any atom is -0.484 e. The normalized spacial score (nSPS) is 17.7. The van der Waals surface area contributed by atoms with E-state index < -0.39 is 41.7 Å². The van der Waals surface area contributed by atoms with Gasteiger partial charge in [-0.15, -0.1) is 6.42 Å². The molecule has 2 N–H and O–H groups in total. The Kier molecular flexibility index (Phi) is 8.71. The molecule has 3 aromatic carbocycles. The summed E-state index contributed by atoms with van der Waals surface area (Å²) in [7, 11) is 0. The number of hydrogen-bond donors (Lipinski definition) is 2. The maximum atomic E-state index is 14.7. The lowest BCUT2D eigenvalue weighted by molar-refractivity contribution is -0.134. The monoisotopic (exact) mass is 582 g/mol. The van der Waals surface area contributed by atoms with Crippen molar-refractivity contribution in [2.45, 2.75) is 37.8 Å². The number of halogens is 1. The zero-order valence-electron chi connectivity index (χ0n) is 23.6. The molecular formula is C33H31FN4O5. The van der Waals surface area contributed by atoms with Gasteiger partial charge in [-0.05, 0) is 54.3 Å². The molecule has 0 aliphatic carbocycles. The van der Waals surface area contributed by atoms with Crippen LogP contribution in [-0.4, -0.2) is 59.3 Å². The van der Waals surface area contributed by atoms with Crippen LogP contribution in [0.5, 0.6) is 5.75 Å². The number of benzene rings is 3. The maximum Gasteiger partial charge on any atom is 0.325 e. The van der Waals surface area contributed by atoms with Gasteiger partial charge in [0.25, 0.3) is 11.8 Å². The highest BCUT2D eigenvalue weighted by Crippen LogP contribution is 2.32. The van der Waals surface area contributed by atoms with E-state index in [0.717, 1.165) is 36.9 Å². The Bertz CT molecular complexity index is 1560. The first-order valence-corrected chi connectivity index (χ1v) is 14.0. The van der Waals surface area contributed by atoms with E-state index in [2.05, 4.69) is 16.6 Å². The van der Waals surface area contributed by atoms with E-state index in [1.165, 1.54) is 12.1 Å². The van der Waals surface area contributed by atoms with E-state index in [9.17, 15) is 23.6 Å². The first-order valence-electron chi connectivity index (χ1n) is 14.0. The molecule has 2 aliphatic rings. The van der Waals surface area contributed by atoms with Crippen LogP contribution in [0.2, 0.25) is 0 Å². The minimum atomic E-state index is -1.30. The number of terminal acetylenes is 1. The summed E-state index contributed by atoms with van der Waals surface area (Å²) in [4.78, 5) is 55.6. The van der Waals surface area contributed by atoms with Gasteiger partial charge >= 0.3 is 6.03 Å². The average molecular weight is 583 g/mol. The number of nitrogens with zero attached hydrogens (tertiary/aromatic N) is 2. The summed E-state index contributed by atoms with van der Waals surface area (Å²) in [5, 5.41) is 5.20. The number of carbonyl (C=O) groups is 4. The molecule has 5 amide bonds. The van der Waals surface area contributed by atoms with Gasteiger partial charge in [0, 0.05) is 24.6 Å². The number of rotatable bonds is 9. The number of likely N-dealkylation sites (tertiary alicyclic amines) is 1. The predicted octanol–water partition coefficient (Wildman–Crippen LogP) is 4.21. The van der Waals surface area contributed by atoms with Gasteiger partial charge in [-0.1, -0.05) is 55.3 Å². The molecule has 2 saturated heterocycles. The Morgan fingerprint density at radius 1 is 1.07 bits per heavy atom. The second-order valence-electron chi connectivity index (χ2n) is 10.5. The molecule has 2 aliphatic heterocycles. The molecule has 220 valence electrons. The molecule has 9 nitrogen and oxygen atoms in total. The Morgan fingerprint density at radius 2 is 1.77 bits per heavy atom. The minimum absolute atomic E-state index is 0.0841. The van der Waals surface area contributed by atoms with Gasteiger partial charge in [0.2, 0.25) is 5.91 Å². The van der Waals surface area contributed by atoms with Crippen LogP contribution < -0.4 is 15.4 Å². The van der Waals surface area contributed by atoms with E-state index in [-0.39, 0.29) is 18.2 Å². The SMILES string of the molecule is C#Cc1ccc(NC(=O)C([C@@H](C)c2ccccc2)N2C(=O)N[C@H](c3ccc(OCC(=O)N4CCCC4)cc3)C2=O)c(F)c1. The number of imide groups is 1. The van der Waals surface area contributed by atoms with Gasteiger partial charge in [-0.2, -0.15) is 0 Å². The zero-order chi connectivity index (χ0) is 30.5. The molecule has 43 heavy (non-hydrogen) atoms. The fourth-order valence-electron chi connectivity index (χ4n) is 5.36. The molecule has 3 aromatic rings. The van der Waals surface area contributed by atoms with Crippen molar-refractivity contribution in [3.63, 3.8) is 0 Å². The van der Waals surface area contributed by atoms with E-state index in [1.807, 2.05) is 6.07 Å². The van der Waals surface area contributed by atoms with Crippen LogP contribution >= 0.6 is 0 Å². The highest BCUT2D eigenvalue weighted by Gasteiger charge is 2.47. The molecule has 0 saturated carbocycles. The second-order valence-corrected chi connectivity index (χ2v) is 10.5. The Hall–Kier alpha value is -5.17. The van der Waals surface area contributed by atoms with Crippen LogP contribution in [0.4, 0.5) is 14.9 Å². The summed E-state index contributed by atoms with van der Waals surface area (Å²) in [5.41, 5.74) is 1.36. The molecule has 1 unspecified atom stereocenters. The van der Waals surface area contributed by atoms with Crippen LogP contribution in [0.15, 0.2) is 72.8 Å². The van der Waals surface area contributed by atoms with Crippen LogP contribution in [0, 0.1) is 18.2 Å². The number of carbonyl (C=O) groups excluding carboxylic acids is 4. The lowest BCUT2D eigenvalue weighted by Gasteiger charge is -2.30. The molecule has 10 heteroatoms. The van der Waals surface area contributed by atoms with Gasteiger partial charge in [0.15, 0.2) is 6.61 Å². The topological polar surface area (TPSA) is 108 Å². The van der Waals surface area contributed by atoms with Gasteiger partial charge in [-0.25, -0.2) is 14.1 Å². The number of amides is 5. The molecule has 5 rings (SSSR count).